The standard InChI is InChI=1S/C11H14ClNO2/c1-3-10(15-2)11(14)13-9-6-4-8(12)5-7-9/h4-7,10H,3H2,1-2H3,(H,13,14). The number of amides is 1. The predicted molar refractivity (Wildman–Crippen MR) is 61.2 cm³/mol. The first-order valence-electron chi connectivity index (χ1n) is 4.76. The molecule has 0 fully saturated rings. The lowest BCUT2D eigenvalue weighted by molar-refractivity contribution is -0.125. The maximum atomic E-state index is 11.6. The highest BCUT2D eigenvalue weighted by molar-refractivity contribution is 6.30. The monoisotopic (exact) mass is 227 g/mol. The van der Waals surface area contributed by atoms with E-state index >= 15 is 0 Å². The molecule has 1 unspecified atom stereocenters. The molecule has 0 radical (unpaired) electrons. The molecule has 0 aromatic heterocycles. The summed E-state index contributed by atoms with van der Waals surface area (Å²) < 4.78 is 5.02. The molecule has 1 atom stereocenters. The Morgan fingerprint density at radius 3 is 2.53 bits per heavy atom. The van der Waals surface area contributed by atoms with Gasteiger partial charge in [-0.15, -0.1) is 0 Å². The summed E-state index contributed by atoms with van der Waals surface area (Å²) in [5.41, 5.74) is 0.722. The first-order valence-corrected chi connectivity index (χ1v) is 5.14. The Labute approximate surface area is 94.4 Å². The lowest BCUT2D eigenvalue weighted by Gasteiger charge is -2.12. The number of nitrogens with one attached hydrogen (secondary N) is 1. The molecule has 1 amide bonds. The average molecular weight is 228 g/mol. The molecular weight excluding hydrogens is 214 g/mol. The van der Waals surface area contributed by atoms with Crippen molar-refractivity contribution in [3.8, 4) is 0 Å². The van der Waals surface area contributed by atoms with Gasteiger partial charge in [0, 0.05) is 17.8 Å². The molecule has 15 heavy (non-hydrogen) atoms. The van der Waals surface area contributed by atoms with E-state index in [0.717, 1.165) is 5.69 Å². The Morgan fingerprint density at radius 1 is 1.47 bits per heavy atom. The highest BCUT2D eigenvalue weighted by Crippen LogP contribution is 2.14. The van der Waals surface area contributed by atoms with Gasteiger partial charge in [-0.25, -0.2) is 0 Å². The average Bonchev–Trinajstić information content (AvgIpc) is 2.23. The summed E-state index contributed by atoms with van der Waals surface area (Å²) in [5, 5.41) is 3.39. The van der Waals surface area contributed by atoms with Crippen molar-refractivity contribution < 1.29 is 9.53 Å². The molecule has 0 aliphatic rings. The highest BCUT2D eigenvalue weighted by Gasteiger charge is 2.14. The summed E-state index contributed by atoms with van der Waals surface area (Å²) >= 11 is 5.73. The van der Waals surface area contributed by atoms with Crippen molar-refractivity contribution in [2.24, 2.45) is 0 Å². The molecule has 1 N–H and O–H groups in total. The van der Waals surface area contributed by atoms with Crippen molar-refractivity contribution in [3.63, 3.8) is 0 Å². The zero-order valence-electron chi connectivity index (χ0n) is 8.79. The maximum absolute atomic E-state index is 11.6. The Kier molecular flexibility index (Phi) is 4.59. The fraction of sp³-hybridized carbons (Fsp3) is 0.364. The first kappa shape index (κ1) is 12.0. The van der Waals surface area contributed by atoms with Gasteiger partial charge in [-0.2, -0.15) is 0 Å². The fourth-order valence-corrected chi connectivity index (χ4v) is 1.34. The fourth-order valence-electron chi connectivity index (χ4n) is 1.22. The molecule has 0 saturated carbocycles. The second-order valence-corrected chi connectivity index (χ2v) is 3.57. The van der Waals surface area contributed by atoms with Crippen LogP contribution in [-0.2, 0) is 9.53 Å². The van der Waals surface area contributed by atoms with E-state index in [0.29, 0.717) is 11.4 Å². The maximum Gasteiger partial charge on any atom is 0.253 e. The Hall–Kier alpha value is -1.06. The van der Waals surface area contributed by atoms with Gasteiger partial charge in [0.15, 0.2) is 0 Å². The van der Waals surface area contributed by atoms with Crippen molar-refractivity contribution in [2.75, 3.05) is 12.4 Å². The van der Waals surface area contributed by atoms with E-state index in [1.165, 1.54) is 7.11 Å². The molecule has 0 saturated heterocycles. The summed E-state index contributed by atoms with van der Waals surface area (Å²) in [6.45, 7) is 1.90. The molecule has 0 spiro atoms. The van der Waals surface area contributed by atoms with Gasteiger partial charge in [0.1, 0.15) is 6.10 Å². The van der Waals surface area contributed by atoms with Crippen LogP contribution in [0.2, 0.25) is 5.02 Å². The molecule has 0 aliphatic heterocycles. The van der Waals surface area contributed by atoms with Crippen molar-refractivity contribution in [3.05, 3.63) is 29.3 Å². The van der Waals surface area contributed by atoms with Crippen LogP contribution in [0.4, 0.5) is 5.69 Å². The Morgan fingerprint density at radius 2 is 2.07 bits per heavy atom. The van der Waals surface area contributed by atoms with Gasteiger partial charge in [-0.3, -0.25) is 4.79 Å². The second-order valence-electron chi connectivity index (χ2n) is 3.13. The molecule has 3 nitrogen and oxygen atoms in total. The molecule has 0 heterocycles. The summed E-state index contributed by atoms with van der Waals surface area (Å²) in [4.78, 5) is 11.6. The topological polar surface area (TPSA) is 38.3 Å². The molecule has 4 heteroatoms. The molecular formula is C11H14ClNO2. The first-order chi connectivity index (χ1) is 7.17. The van der Waals surface area contributed by atoms with Crippen LogP contribution >= 0.6 is 11.6 Å². The van der Waals surface area contributed by atoms with Crippen molar-refractivity contribution >= 4 is 23.2 Å². The van der Waals surface area contributed by atoms with Gasteiger partial charge in [-0.1, -0.05) is 18.5 Å². The third-order valence-corrected chi connectivity index (χ3v) is 2.31. The van der Waals surface area contributed by atoms with Crippen molar-refractivity contribution in [1.29, 1.82) is 0 Å². The third-order valence-electron chi connectivity index (χ3n) is 2.06. The van der Waals surface area contributed by atoms with Crippen LogP contribution in [0.25, 0.3) is 0 Å². The number of carbonyl (C=O) groups is 1. The van der Waals surface area contributed by atoms with Crippen LogP contribution in [0.15, 0.2) is 24.3 Å². The van der Waals surface area contributed by atoms with E-state index in [9.17, 15) is 4.79 Å². The summed E-state index contributed by atoms with van der Waals surface area (Å²) in [6, 6.07) is 6.96. The van der Waals surface area contributed by atoms with E-state index in [4.69, 9.17) is 16.3 Å². The summed E-state index contributed by atoms with van der Waals surface area (Å²) in [5.74, 6) is -0.137. The van der Waals surface area contributed by atoms with Gasteiger partial charge in [0.2, 0.25) is 0 Å². The van der Waals surface area contributed by atoms with E-state index in [1.807, 2.05) is 6.92 Å². The van der Waals surface area contributed by atoms with Gasteiger partial charge in [0.25, 0.3) is 5.91 Å². The number of hydrogen-bond acceptors (Lipinski definition) is 2. The quantitative estimate of drug-likeness (QED) is 0.859. The highest BCUT2D eigenvalue weighted by atomic mass is 35.5. The Balaban J connectivity index is 2.61. The third kappa shape index (κ3) is 3.53. The SMILES string of the molecule is CCC(OC)C(=O)Nc1ccc(Cl)cc1. The molecule has 82 valence electrons. The van der Waals surface area contributed by atoms with Crippen LogP contribution in [-0.4, -0.2) is 19.1 Å². The van der Waals surface area contributed by atoms with Crippen LogP contribution in [0.3, 0.4) is 0 Å². The number of anilines is 1. The van der Waals surface area contributed by atoms with E-state index in [2.05, 4.69) is 5.32 Å². The molecule has 1 rings (SSSR count). The number of ether oxygens (including phenoxy) is 1. The normalized spacial score (nSPS) is 12.2. The van der Waals surface area contributed by atoms with Crippen LogP contribution < -0.4 is 5.32 Å². The van der Waals surface area contributed by atoms with Gasteiger partial charge in [0.05, 0.1) is 0 Å². The molecule has 0 bridgehead atoms. The number of hydrogen-bond donors (Lipinski definition) is 1. The number of halogens is 1. The second kappa shape index (κ2) is 5.73. The van der Waals surface area contributed by atoms with Crippen LogP contribution in [0.1, 0.15) is 13.3 Å². The molecule has 1 aromatic carbocycles. The zero-order valence-corrected chi connectivity index (χ0v) is 9.54. The van der Waals surface area contributed by atoms with Gasteiger partial charge in [-0.05, 0) is 30.7 Å². The molecule has 0 aliphatic carbocycles. The number of benzene rings is 1. The minimum atomic E-state index is -0.402. The number of rotatable bonds is 4. The number of carbonyl (C=O) groups excluding carboxylic acids is 1. The largest absolute Gasteiger partial charge is 0.372 e. The van der Waals surface area contributed by atoms with E-state index in [-0.39, 0.29) is 5.91 Å². The molecule has 1 aromatic rings. The smallest absolute Gasteiger partial charge is 0.253 e. The Bertz CT molecular complexity index is 320. The lowest BCUT2D eigenvalue weighted by atomic mass is 10.2. The van der Waals surface area contributed by atoms with E-state index in [1.54, 1.807) is 24.3 Å². The minimum Gasteiger partial charge on any atom is -0.372 e. The van der Waals surface area contributed by atoms with Gasteiger partial charge < -0.3 is 10.1 Å². The van der Waals surface area contributed by atoms with Crippen LogP contribution in [0.5, 0.6) is 0 Å². The zero-order chi connectivity index (χ0) is 11.3. The van der Waals surface area contributed by atoms with E-state index < -0.39 is 6.10 Å². The minimum absolute atomic E-state index is 0.137. The predicted octanol–water partition coefficient (Wildman–Crippen LogP) is 2.70. The summed E-state index contributed by atoms with van der Waals surface area (Å²) in [6.07, 6.45) is 0.247. The van der Waals surface area contributed by atoms with Crippen molar-refractivity contribution in [2.45, 2.75) is 19.4 Å². The summed E-state index contributed by atoms with van der Waals surface area (Å²) in [7, 11) is 1.52. The van der Waals surface area contributed by atoms with Crippen molar-refractivity contribution in [1.82, 2.24) is 0 Å². The number of methoxy groups -OCH3 is 1. The lowest BCUT2D eigenvalue weighted by Crippen LogP contribution is -2.28. The van der Waals surface area contributed by atoms with Gasteiger partial charge >= 0.3 is 0 Å². The van der Waals surface area contributed by atoms with Crippen LogP contribution in [0, 0.1) is 0 Å².